The maximum Gasteiger partial charge on any atom is 0.336 e. The van der Waals surface area contributed by atoms with Crippen LogP contribution >= 0.6 is 0 Å². The SMILES string of the molecule is CC/C(=C/CNC(=O)CCN1C(=O)C=CC1=O)OC/C=C/OCCC(=O)ON1C(=O)CCC1=O. The van der Waals surface area contributed by atoms with Crippen LogP contribution in [0.4, 0.5) is 0 Å². The van der Waals surface area contributed by atoms with Crippen LogP contribution in [0.5, 0.6) is 0 Å². The Morgan fingerprint density at radius 2 is 1.74 bits per heavy atom. The van der Waals surface area contributed by atoms with E-state index in [4.69, 9.17) is 14.3 Å². The molecule has 1 N–H and O–H groups in total. The number of nitrogens with zero attached hydrogens (tertiary/aromatic N) is 2. The number of carbonyl (C=O) groups is 6. The highest BCUT2D eigenvalue weighted by molar-refractivity contribution is 6.13. The molecule has 0 atom stereocenters. The molecule has 0 radical (unpaired) electrons. The van der Waals surface area contributed by atoms with Gasteiger partial charge >= 0.3 is 5.97 Å². The molecule has 0 aromatic carbocycles. The van der Waals surface area contributed by atoms with E-state index in [1.165, 1.54) is 18.4 Å². The number of hydrogen-bond acceptors (Lipinski definition) is 9. The summed E-state index contributed by atoms with van der Waals surface area (Å²) in [6.07, 6.45) is 7.51. The summed E-state index contributed by atoms with van der Waals surface area (Å²) in [5, 5.41) is 3.15. The first kappa shape index (κ1) is 26.3. The van der Waals surface area contributed by atoms with Crippen LogP contribution in [0, 0.1) is 0 Å². The van der Waals surface area contributed by atoms with Gasteiger partial charge in [-0.15, -0.1) is 5.06 Å². The van der Waals surface area contributed by atoms with Crippen molar-refractivity contribution in [3.8, 4) is 0 Å². The smallest absolute Gasteiger partial charge is 0.336 e. The second-order valence-electron chi connectivity index (χ2n) is 7.09. The zero-order chi connectivity index (χ0) is 24.9. The maximum absolute atomic E-state index is 11.9. The molecule has 5 amide bonds. The molecule has 0 aromatic heterocycles. The van der Waals surface area contributed by atoms with E-state index in [0.29, 0.717) is 17.2 Å². The van der Waals surface area contributed by atoms with Gasteiger partial charge in [-0.05, 0) is 12.2 Å². The molecule has 12 nitrogen and oxygen atoms in total. The number of rotatable bonds is 14. The first-order chi connectivity index (χ1) is 16.3. The summed E-state index contributed by atoms with van der Waals surface area (Å²) < 4.78 is 10.7. The molecule has 0 saturated carbocycles. The highest BCUT2D eigenvalue weighted by Crippen LogP contribution is 2.12. The number of hydrogen-bond donors (Lipinski definition) is 1. The fourth-order valence-corrected chi connectivity index (χ4v) is 2.82. The highest BCUT2D eigenvalue weighted by atomic mass is 16.7. The molecule has 12 heteroatoms. The van der Waals surface area contributed by atoms with Gasteiger partial charge < -0.3 is 19.6 Å². The minimum atomic E-state index is -0.748. The number of carbonyl (C=O) groups excluding carboxylic acids is 6. The van der Waals surface area contributed by atoms with Crippen LogP contribution in [0.2, 0.25) is 0 Å². The minimum Gasteiger partial charge on any atom is -0.501 e. The van der Waals surface area contributed by atoms with Crippen LogP contribution in [0.25, 0.3) is 0 Å². The van der Waals surface area contributed by atoms with Gasteiger partial charge in [-0.3, -0.25) is 28.9 Å². The summed E-state index contributed by atoms with van der Waals surface area (Å²) in [7, 11) is 0. The zero-order valence-electron chi connectivity index (χ0n) is 18.8. The van der Waals surface area contributed by atoms with E-state index in [0.717, 1.165) is 4.90 Å². The van der Waals surface area contributed by atoms with Crippen LogP contribution in [-0.4, -0.2) is 71.8 Å². The Bertz CT molecular complexity index is 873. The summed E-state index contributed by atoms with van der Waals surface area (Å²) >= 11 is 0. The van der Waals surface area contributed by atoms with Crippen molar-refractivity contribution < 1.29 is 43.1 Å². The summed E-state index contributed by atoms with van der Waals surface area (Å²) in [4.78, 5) is 74.8. The Kier molecular flexibility index (Phi) is 10.5. The Labute approximate surface area is 196 Å². The Hall–Kier alpha value is -3.96. The fraction of sp³-hybridized carbons (Fsp3) is 0.455. The number of ether oxygens (including phenoxy) is 2. The van der Waals surface area contributed by atoms with Crippen molar-refractivity contribution in [1.29, 1.82) is 0 Å². The van der Waals surface area contributed by atoms with Crippen molar-refractivity contribution >= 4 is 35.5 Å². The topological polar surface area (TPSA) is 149 Å². The molecule has 2 aliphatic heterocycles. The van der Waals surface area contributed by atoms with Gasteiger partial charge in [0, 0.05) is 50.9 Å². The second-order valence-corrected chi connectivity index (χ2v) is 7.09. The van der Waals surface area contributed by atoms with Crippen molar-refractivity contribution in [2.45, 2.75) is 39.0 Å². The Morgan fingerprint density at radius 1 is 1.06 bits per heavy atom. The van der Waals surface area contributed by atoms with Gasteiger partial charge in [0.05, 0.1) is 25.0 Å². The van der Waals surface area contributed by atoms with Gasteiger partial charge in [-0.25, -0.2) is 4.79 Å². The van der Waals surface area contributed by atoms with Gasteiger partial charge in [0.15, 0.2) is 0 Å². The maximum atomic E-state index is 11.9. The predicted octanol–water partition coefficient (Wildman–Crippen LogP) is 0.256. The summed E-state index contributed by atoms with van der Waals surface area (Å²) in [5.74, 6) is -2.34. The Balaban J connectivity index is 1.55. The zero-order valence-corrected chi connectivity index (χ0v) is 18.8. The van der Waals surface area contributed by atoms with Gasteiger partial charge in [-0.1, -0.05) is 6.92 Å². The predicted molar refractivity (Wildman–Crippen MR) is 115 cm³/mol. The molecular formula is C22H27N3O9. The van der Waals surface area contributed by atoms with E-state index in [-0.39, 0.29) is 57.9 Å². The lowest BCUT2D eigenvalue weighted by Gasteiger charge is -2.13. The molecule has 0 bridgehead atoms. The molecule has 0 spiro atoms. The van der Waals surface area contributed by atoms with E-state index in [9.17, 15) is 28.8 Å². The molecule has 1 fully saturated rings. The molecule has 2 rings (SSSR count). The summed E-state index contributed by atoms with van der Waals surface area (Å²) in [6, 6.07) is 0. The van der Waals surface area contributed by atoms with Crippen molar-refractivity contribution in [3.63, 3.8) is 0 Å². The van der Waals surface area contributed by atoms with Gasteiger partial charge in [0.25, 0.3) is 23.6 Å². The monoisotopic (exact) mass is 477 g/mol. The van der Waals surface area contributed by atoms with E-state index < -0.39 is 29.6 Å². The lowest BCUT2D eigenvalue weighted by molar-refractivity contribution is -0.197. The first-order valence-corrected chi connectivity index (χ1v) is 10.8. The third-order valence-electron chi connectivity index (χ3n) is 4.62. The van der Waals surface area contributed by atoms with Crippen molar-refractivity contribution in [1.82, 2.24) is 15.3 Å². The van der Waals surface area contributed by atoms with Gasteiger partial charge in [0.1, 0.15) is 6.61 Å². The fourth-order valence-electron chi connectivity index (χ4n) is 2.82. The summed E-state index contributed by atoms with van der Waals surface area (Å²) in [5.41, 5.74) is 0. The quantitative estimate of drug-likeness (QED) is 0.211. The molecule has 2 aliphatic rings. The van der Waals surface area contributed by atoms with Crippen LogP contribution in [0.1, 0.15) is 39.0 Å². The molecule has 1 saturated heterocycles. The minimum absolute atomic E-state index is 0.00124. The highest BCUT2D eigenvalue weighted by Gasteiger charge is 2.32. The average Bonchev–Trinajstić information content (AvgIpc) is 3.30. The van der Waals surface area contributed by atoms with Crippen molar-refractivity contribution in [3.05, 3.63) is 36.3 Å². The van der Waals surface area contributed by atoms with E-state index >= 15 is 0 Å². The lowest BCUT2D eigenvalue weighted by atomic mass is 10.3. The van der Waals surface area contributed by atoms with Gasteiger partial charge in [0.2, 0.25) is 5.91 Å². The molecule has 0 unspecified atom stereocenters. The van der Waals surface area contributed by atoms with Gasteiger partial charge in [-0.2, -0.15) is 0 Å². The van der Waals surface area contributed by atoms with E-state index in [1.54, 1.807) is 12.2 Å². The standard InChI is InChI=1S/C22H27N3O9/c1-2-16(8-11-23-17(26)9-12-24-18(27)4-5-19(24)28)33-14-3-13-32-15-10-22(31)34-25-20(29)6-7-21(25)30/h3-5,8,13H,2,6-7,9-12,14-15H2,1H3,(H,23,26)/b13-3+,16-8-. The number of allylic oxidation sites excluding steroid dienone is 1. The van der Waals surface area contributed by atoms with Crippen LogP contribution in [-0.2, 0) is 43.1 Å². The first-order valence-electron chi connectivity index (χ1n) is 10.8. The Morgan fingerprint density at radius 3 is 2.38 bits per heavy atom. The number of hydroxylamine groups is 2. The van der Waals surface area contributed by atoms with E-state index in [1.807, 2.05) is 6.92 Å². The number of amides is 5. The van der Waals surface area contributed by atoms with Crippen LogP contribution < -0.4 is 5.32 Å². The third kappa shape index (κ3) is 8.52. The number of nitrogens with one attached hydrogen (secondary N) is 1. The van der Waals surface area contributed by atoms with Crippen LogP contribution in [0.3, 0.4) is 0 Å². The molecule has 184 valence electrons. The second kappa shape index (κ2) is 13.6. The van der Waals surface area contributed by atoms with E-state index in [2.05, 4.69) is 5.32 Å². The average molecular weight is 477 g/mol. The summed E-state index contributed by atoms with van der Waals surface area (Å²) in [6.45, 7) is 2.33. The third-order valence-corrected chi connectivity index (χ3v) is 4.62. The molecule has 0 aromatic rings. The molecule has 2 heterocycles. The molecular weight excluding hydrogens is 450 g/mol. The molecule has 0 aliphatic carbocycles. The molecule has 34 heavy (non-hydrogen) atoms. The van der Waals surface area contributed by atoms with Crippen LogP contribution in [0.15, 0.2) is 36.3 Å². The largest absolute Gasteiger partial charge is 0.501 e. The van der Waals surface area contributed by atoms with Crippen molar-refractivity contribution in [2.24, 2.45) is 0 Å². The number of imide groups is 2. The van der Waals surface area contributed by atoms with Crippen molar-refractivity contribution in [2.75, 3.05) is 26.3 Å². The lowest BCUT2D eigenvalue weighted by Crippen LogP contribution is -2.34. The normalized spacial score (nSPS) is 16.1.